The van der Waals surface area contributed by atoms with Crippen LogP contribution in [0.5, 0.6) is 0 Å². The van der Waals surface area contributed by atoms with Crippen LogP contribution in [0.4, 0.5) is 0 Å². The summed E-state index contributed by atoms with van der Waals surface area (Å²) in [5.74, 6) is 0. The number of fused-ring (bicyclic) bond motifs is 4. The molecule has 2 aliphatic carbocycles. The van der Waals surface area contributed by atoms with Crippen LogP contribution < -0.4 is 0 Å². The lowest BCUT2D eigenvalue weighted by molar-refractivity contribution is 0.993. The normalized spacial score (nSPS) is 13.1. The van der Waals surface area contributed by atoms with Gasteiger partial charge >= 0.3 is 0 Å². The molecular formula is C32H32. The second-order valence-corrected chi connectivity index (χ2v) is 9.80. The molecule has 0 spiro atoms. The van der Waals surface area contributed by atoms with Gasteiger partial charge in [0.2, 0.25) is 0 Å². The maximum Gasteiger partial charge on any atom is -0.00199 e. The topological polar surface area (TPSA) is 0 Å². The fraction of sp³-hybridized carbons (Fsp3) is 0.250. The number of aryl methyl sites for hydroxylation is 4. The van der Waals surface area contributed by atoms with Crippen molar-refractivity contribution in [3.8, 4) is 0 Å². The minimum absolute atomic E-state index is 1.10. The molecule has 0 saturated heterocycles. The number of hydrogen-bond donors (Lipinski definition) is 0. The van der Waals surface area contributed by atoms with E-state index in [1.54, 1.807) is 0 Å². The number of hydrogen-bond acceptors (Lipinski definition) is 0. The predicted octanol–water partition coefficient (Wildman–Crippen LogP) is 7.60. The molecule has 0 nitrogen and oxygen atoms in total. The molecule has 0 radical (unpaired) electrons. The molecular weight excluding hydrogens is 384 g/mol. The first kappa shape index (κ1) is 20.8. The third-order valence-electron chi connectivity index (χ3n) is 6.97. The number of benzene rings is 4. The molecule has 160 valence electrons. The smallest absolute Gasteiger partial charge is 0.00199 e. The monoisotopic (exact) mass is 416 g/mol. The van der Waals surface area contributed by atoms with Gasteiger partial charge in [0.1, 0.15) is 0 Å². The molecule has 0 atom stereocenters. The summed E-state index contributed by atoms with van der Waals surface area (Å²) in [6.07, 6.45) is 4.42. The van der Waals surface area contributed by atoms with Crippen molar-refractivity contribution < 1.29 is 0 Å². The van der Waals surface area contributed by atoms with Crippen molar-refractivity contribution in [2.75, 3.05) is 0 Å². The van der Waals surface area contributed by atoms with Gasteiger partial charge in [0.05, 0.1) is 0 Å². The molecule has 0 N–H and O–H groups in total. The lowest BCUT2D eigenvalue weighted by Crippen LogP contribution is -2.07. The molecule has 6 rings (SSSR count). The lowest BCUT2D eigenvalue weighted by Gasteiger charge is -2.20. The van der Waals surface area contributed by atoms with Crippen molar-refractivity contribution in [3.05, 3.63) is 140 Å². The van der Waals surface area contributed by atoms with Crippen LogP contribution in [0, 0.1) is 27.7 Å². The van der Waals surface area contributed by atoms with Crippen LogP contribution in [0.25, 0.3) is 0 Å². The molecule has 0 aromatic heterocycles. The van der Waals surface area contributed by atoms with E-state index in [0.717, 1.165) is 25.7 Å². The molecule has 0 unspecified atom stereocenters. The first-order valence-electron chi connectivity index (χ1n) is 11.8. The highest BCUT2D eigenvalue weighted by atomic mass is 14.2. The van der Waals surface area contributed by atoms with E-state index in [1.165, 1.54) is 66.8 Å². The second-order valence-electron chi connectivity index (χ2n) is 9.80. The third kappa shape index (κ3) is 4.28. The summed E-state index contributed by atoms with van der Waals surface area (Å²) >= 11 is 0. The summed E-state index contributed by atoms with van der Waals surface area (Å²) in [6.45, 7) is 8.69. The number of rotatable bonds is 0. The summed E-state index contributed by atoms with van der Waals surface area (Å²) < 4.78 is 0. The van der Waals surface area contributed by atoms with Gasteiger partial charge in [-0.3, -0.25) is 0 Å². The van der Waals surface area contributed by atoms with Crippen LogP contribution in [0.15, 0.2) is 72.8 Å². The van der Waals surface area contributed by atoms with Crippen LogP contribution in [-0.4, -0.2) is 0 Å². The quantitative estimate of drug-likeness (QED) is 0.239. The van der Waals surface area contributed by atoms with Gasteiger partial charge in [-0.25, -0.2) is 0 Å². The van der Waals surface area contributed by atoms with Crippen molar-refractivity contribution in [3.63, 3.8) is 0 Å². The zero-order valence-corrected chi connectivity index (χ0v) is 19.8. The van der Waals surface area contributed by atoms with Gasteiger partial charge in [-0.05, 0) is 97.9 Å². The molecule has 0 amide bonds. The molecule has 2 aliphatic rings. The summed E-state index contributed by atoms with van der Waals surface area (Å²) in [6, 6.07) is 27.4. The van der Waals surface area contributed by atoms with Gasteiger partial charge in [0.25, 0.3) is 0 Å². The molecule has 0 heteroatoms. The Morgan fingerprint density at radius 2 is 0.531 bits per heavy atom. The molecule has 32 heavy (non-hydrogen) atoms. The van der Waals surface area contributed by atoms with Gasteiger partial charge in [-0.1, -0.05) is 95.1 Å². The highest BCUT2D eigenvalue weighted by molar-refractivity contribution is 5.48. The highest BCUT2D eigenvalue weighted by Crippen LogP contribution is 2.29. The summed E-state index contributed by atoms with van der Waals surface area (Å²) in [4.78, 5) is 0. The minimum atomic E-state index is 1.10. The Morgan fingerprint density at radius 3 is 0.812 bits per heavy atom. The molecule has 0 fully saturated rings. The lowest BCUT2D eigenvalue weighted by atomic mass is 9.85. The highest BCUT2D eigenvalue weighted by Gasteiger charge is 2.15. The summed E-state index contributed by atoms with van der Waals surface area (Å²) in [5.41, 5.74) is 17.5. The Balaban J connectivity index is 0.000000135. The van der Waals surface area contributed by atoms with Gasteiger partial charge in [-0.15, -0.1) is 0 Å². The first-order valence-corrected chi connectivity index (χ1v) is 11.8. The van der Waals surface area contributed by atoms with E-state index in [2.05, 4.69) is 100 Å². The second kappa shape index (κ2) is 8.43. The van der Waals surface area contributed by atoms with E-state index in [9.17, 15) is 0 Å². The third-order valence-corrected chi connectivity index (χ3v) is 6.97. The molecule has 4 aromatic carbocycles. The SMILES string of the molecule is Cc1ccc2c(c1)Cc1cc(C)ccc1C2.Cc1ccc2c(c1)Cc1ccc(C)cc1C2. The van der Waals surface area contributed by atoms with Gasteiger partial charge < -0.3 is 0 Å². The van der Waals surface area contributed by atoms with E-state index < -0.39 is 0 Å². The van der Waals surface area contributed by atoms with Gasteiger partial charge in [0, 0.05) is 0 Å². The van der Waals surface area contributed by atoms with Crippen LogP contribution in [0.2, 0.25) is 0 Å². The summed E-state index contributed by atoms with van der Waals surface area (Å²) in [7, 11) is 0. The Labute approximate surface area is 193 Å². The van der Waals surface area contributed by atoms with Crippen molar-refractivity contribution in [2.24, 2.45) is 0 Å². The van der Waals surface area contributed by atoms with Crippen molar-refractivity contribution in [1.82, 2.24) is 0 Å². The maximum absolute atomic E-state index is 2.33. The van der Waals surface area contributed by atoms with E-state index in [4.69, 9.17) is 0 Å². The fourth-order valence-electron chi connectivity index (χ4n) is 5.19. The molecule has 0 heterocycles. The van der Waals surface area contributed by atoms with Gasteiger partial charge in [-0.2, -0.15) is 0 Å². The van der Waals surface area contributed by atoms with Crippen LogP contribution in [-0.2, 0) is 25.7 Å². The Morgan fingerprint density at radius 1 is 0.312 bits per heavy atom. The van der Waals surface area contributed by atoms with Crippen LogP contribution in [0.3, 0.4) is 0 Å². The van der Waals surface area contributed by atoms with Gasteiger partial charge in [0.15, 0.2) is 0 Å². The molecule has 4 aromatic rings. The Hall–Kier alpha value is -3.12. The average molecular weight is 417 g/mol. The average Bonchev–Trinajstić information content (AvgIpc) is 2.77. The molecule has 0 aliphatic heterocycles. The Bertz CT molecular complexity index is 1200. The largest absolute Gasteiger partial charge is 0.0590 e. The van der Waals surface area contributed by atoms with Crippen molar-refractivity contribution in [1.29, 1.82) is 0 Å². The van der Waals surface area contributed by atoms with E-state index >= 15 is 0 Å². The molecule has 0 bridgehead atoms. The maximum atomic E-state index is 2.33. The van der Waals surface area contributed by atoms with Crippen molar-refractivity contribution >= 4 is 0 Å². The summed E-state index contributed by atoms with van der Waals surface area (Å²) in [5, 5.41) is 0. The van der Waals surface area contributed by atoms with E-state index in [1.807, 2.05) is 0 Å². The zero-order chi connectivity index (χ0) is 22.2. The Kier molecular flexibility index (Phi) is 5.47. The van der Waals surface area contributed by atoms with Crippen LogP contribution in [0.1, 0.15) is 66.8 Å². The fourth-order valence-corrected chi connectivity index (χ4v) is 5.19. The predicted molar refractivity (Wildman–Crippen MR) is 136 cm³/mol. The van der Waals surface area contributed by atoms with E-state index in [0.29, 0.717) is 0 Å². The molecule has 0 saturated carbocycles. The standard InChI is InChI=1S/2C16H16/c1-11-3-5-13-10-16-8-12(2)4-6-14(16)9-15(13)7-11;1-11-3-5-13-9-14-6-4-12(2)8-16(14)10-15(13)7-11/h2*3-8H,9-10H2,1-2H3. The minimum Gasteiger partial charge on any atom is -0.0590 e. The van der Waals surface area contributed by atoms with E-state index in [-0.39, 0.29) is 0 Å². The zero-order valence-electron chi connectivity index (χ0n) is 19.8. The van der Waals surface area contributed by atoms with Crippen molar-refractivity contribution in [2.45, 2.75) is 53.4 Å². The van der Waals surface area contributed by atoms with Crippen LogP contribution >= 0.6 is 0 Å². The first-order chi connectivity index (χ1) is 15.4.